The summed E-state index contributed by atoms with van der Waals surface area (Å²) < 4.78 is 0. The SMILES string of the molecule is N=C1C(c2nc3ccc(N4CCCCC4)cc3[nH]2)=C(O)CN1c1cccc(Cl)c1Cl. The van der Waals surface area contributed by atoms with Gasteiger partial charge in [-0.25, -0.2) is 4.98 Å². The molecule has 0 unspecified atom stereocenters. The van der Waals surface area contributed by atoms with Crippen LogP contribution in [0.4, 0.5) is 11.4 Å². The largest absolute Gasteiger partial charge is 0.509 e. The van der Waals surface area contributed by atoms with Gasteiger partial charge in [-0.1, -0.05) is 29.3 Å². The maximum Gasteiger partial charge on any atom is 0.145 e. The number of anilines is 2. The predicted octanol–water partition coefficient (Wildman–Crippen LogP) is 5.63. The second-order valence-electron chi connectivity index (χ2n) is 7.66. The first-order valence-corrected chi connectivity index (χ1v) is 10.8. The zero-order chi connectivity index (χ0) is 20.8. The van der Waals surface area contributed by atoms with E-state index in [1.807, 2.05) is 6.07 Å². The molecule has 0 amide bonds. The fraction of sp³-hybridized carbons (Fsp3) is 0.273. The zero-order valence-corrected chi connectivity index (χ0v) is 17.8. The number of H-pyrrole nitrogens is 1. The van der Waals surface area contributed by atoms with Crippen molar-refractivity contribution in [2.45, 2.75) is 19.3 Å². The molecule has 1 saturated heterocycles. The monoisotopic (exact) mass is 441 g/mol. The molecule has 0 spiro atoms. The number of aliphatic hydroxyl groups excluding tert-OH is 1. The van der Waals surface area contributed by atoms with Crippen LogP contribution in [-0.4, -0.2) is 40.5 Å². The quantitative estimate of drug-likeness (QED) is 0.492. The minimum atomic E-state index is 0.0753. The molecule has 3 aromatic rings. The zero-order valence-electron chi connectivity index (χ0n) is 16.3. The van der Waals surface area contributed by atoms with Crippen molar-refractivity contribution in [2.24, 2.45) is 0 Å². The summed E-state index contributed by atoms with van der Waals surface area (Å²) in [6.07, 6.45) is 3.72. The van der Waals surface area contributed by atoms with Crippen molar-refractivity contribution < 1.29 is 5.11 Å². The highest BCUT2D eigenvalue weighted by Gasteiger charge is 2.32. The summed E-state index contributed by atoms with van der Waals surface area (Å²) in [6.45, 7) is 2.28. The van der Waals surface area contributed by atoms with Crippen molar-refractivity contribution >= 4 is 57.0 Å². The van der Waals surface area contributed by atoms with Crippen molar-refractivity contribution in [1.29, 1.82) is 5.41 Å². The second kappa shape index (κ2) is 7.52. The number of hydrogen-bond donors (Lipinski definition) is 3. The molecule has 0 bridgehead atoms. The highest BCUT2D eigenvalue weighted by atomic mass is 35.5. The Hall–Kier alpha value is -2.70. The molecule has 5 rings (SSSR count). The maximum atomic E-state index is 10.6. The lowest BCUT2D eigenvalue weighted by Crippen LogP contribution is -2.29. The van der Waals surface area contributed by atoms with E-state index in [1.165, 1.54) is 24.9 Å². The van der Waals surface area contributed by atoms with Crippen molar-refractivity contribution in [3.05, 3.63) is 58.0 Å². The summed E-state index contributed by atoms with van der Waals surface area (Å²) >= 11 is 12.5. The van der Waals surface area contributed by atoms with E-state index in [2.05, 4.69) is 27.0 Å². The molecule has 0 saturated carbocycles. The first kappa shape index (κ1) is 19.3. The van der Waals surface area contributed by atoms with E-state index in [0.717, 1.165) is 24.1 Å². The summed E-state index contributed by atoms with van der Waals surface area (Å²) in [5.41, 5.74) is 3.82. The smallest absolute Gasteiger partial charge is 0.145 e. The number of aromatic amines is 1. The number of fused-ring (bicyclic) bond motifs is 1. The number of hydrogen-bond acceptors (Lipinski definition) is 4. The standard InChI is InChI=1S/C22H21Cl2N5O/c23-14-5-4-6-17(20(14)24)29-12-18(30)19(21(29)25)22-26-15-8-7-13(11-16(15)27-22)28-9-2-1-3-10-28/h4-8,11,25,30H,1-3,9-10,12H2,(H,26,27). The van der Waals surface area contributed by atoms with Crippen LogP contribution in [0.15, 0.2) is 42.2 Å². The molecular weight excluding hydrogens is 421 g/mol. The van der Waals surface area contributed by atoms with E-state index < -0.39 is 0 Å². The van der Waals surface area contributed by atoms with Gasteiger partial charge < -0.3 is 19.9 Å². The van der Waals surface area contributed by atoms with Gasteiger partial charge in [0.1, 0.15) is 17.4 Å². The summed E-state index contributed by atoms with van der Waals surface area (Å²) in [5.74, 6) is 0.683. The van der Waals surface area contributed by atoms with E-state index in [9.17, 15) is 5.11 Å². The number of amidine groups is 1. The molecule has 3 N–H and O–H groups in total. The molecule has 0 atom stereocenters. The van der Waals surface area contributed by atoms with Gasteiger partial charge in [0.25, 0.3) is 0 Å². The Balaban J connectivity index is 1.48. The average molecular weight is 442 g/mol. The van der Waals surface area contributed by atoms with Gasteiger partial charge in [-0.05, 0) is 49.6 Å². The second-order valence-corrected chi connectivity index (χ2v) is 8.45. The number of nitrogens with one attached hydrogen (secondary N) is 2. The number of benzene rings is 2. The highest BCUT2D eigenvalue weighted by molar-refractivity contribution is 6.44. The fourth-order valence-corrected chi connectivity index (χ4v) is 4.60. The molecule has 2 aromatic carbocycles. The van der Waals surface area contributed by atoms with Gasteiger partial charge in [-0.3, -0.25) is 5.41 Å². The molecule has 6 nitrogen and oxygen atoms in total. The fourth-order valence-electron chi connectivity index (χ4n) is 4.20. The van der Waals surface area contributed by atoms with Gasteiger partial charge in [0.15, 0.2) is 0 Å². The Labute approximate surface area is 184 Å². The Morgan fingerprint density at radius 3 is 2.67 bits per heavy atom. The van der Waals surface area contributed by atoms with Gasteiger partial charge in [-0.15, -0.1) is 0 Å². The van der Waals surface area contributed by atoms with Crippen LogP contribution in [0.2, 0.25) is 10.0 Å². The Bertz CT molecular complexity index is 1180. The van der Waals surface area contributed by atoms with Crippen molar-refractivity contribution in [3.8, 4) is 0 Å². The summed E-state index contributed by atoms with van der Waals surface area (Å²) in [6, 6.07) is 11.4. The van der Waals surface area contributed by atoms with Crippen molar-refractivity contribution in [1.82, 2.24) is 9.97 Å². The van der Waals surface area contributed by atoms with Crippen molar-refractivity contribution in [3.63, 3.8) is 0 Å². The molecule has 3 heterocycles. The molecule has 30 heavy (non-hydrogen) atoms. The Morgan fingerprint density at radius 1 is 1.07 bits per heavy atom. The number of rotatable bonds is 3. The van der Waals surface area contributed by atoms with Gasteiger partial charge >= 0.3 is 0 Å². The maximum absolute atomic E-state index is 10.6. The number of halogens is 2. The molecule has 154 valence electrons. The lowest BCUT2D eigenvalue weighted by Gasteiger charge is -2.28. The van der Waals surface area contributed by atoms with Crippen LogP contribution in [-0.2, 0) is 0 Å². The van der Waals surface area contributed by atoms with Gasteiger partial charge in [0.2, 0.25) is 0 Å². The molecule has 0 radical (unpaired) electrons. The summed E-state index contributed by atoms with van der Waals surface area (Å²) in [4.78, 5) is 11.9. The van der Waals surface area contributed by atoms with Crippen LogP contribution in [0.1, 0.15) is 25.1 Å². The van der Waals surface area contributed by atoms with Crippen LogP contribution < -0.4 is 9.80 Å². The topological polar surface area (TPSA) is 79.2 Å². The van der Waals surface area contributed by atoms with Crippen LogP contribution in [0.25, 0.3) is 16.6 Å². The summed E-state index contributed by atoms with van der Waals surface area (Å²) in [5, 5.41) is 20.1. The lowest BCUT2D eigenvalue weighted by atomic mass is 10.1. The Kier molecular flexibility index (Phi) is 4.83. The minimum Gasteiger partial charge on any atom is -0.509 e. The molecule has 2 aliphatic rings. The number of imidazole rings is 1. The average Bonchev–Trinajstić information content (AvgIpc) is 3.30. The first-order valence-electron chi connectivity index (χ1n) is 10.0. The third kappa shape index (κ3) is 3.20. The van der Waals surface area contributed by atoms with Gasteiger partial charge in [0.05, 0.1) is 38.9 Å². The molecule has 1 fully saturated rings. The van der Waals surface area contributed by atoms with E-state index in [4.69, 9.17) is 28.6 Å². The van der Waals surface area contributed by atoms with E-state index in [0.29, 0.717) is 27.1 Å². The van der Waals surface area contributed by atoms with Crippen LogP contribution >= 0.6 is 23.2 Å². The van der Waals surface area contributed by atoms with E-state index >= 15 is 0 Å². The third-order valence-electron chi connectivity index (χ3n) is 5.75. The summed E-state index contributed by atoms with van der Waals surface area (Å²) in [7, 11) is 0. The van der Waals surface area contributed by atoms with E-state index in [1.54, 1.807) is 23.1 Å². The van der Waals surface area contributed by atoms with Crippen LogP contribution in [0.3, 0.4) is 0 Å². The molecule has 8 heteroatoms. The highest BCUT2D eigenvalue weighted by Crippen LogP contribution is 2.37. The number of aliphatic hydroxyl groups is 1. The molecule has 1 aromatic heterocycles. The number of aromatic nitrogens is 2. The van der Waals surface area contributed by atoms with E-state index in [-0.39, 0.29) is 18.1 Å². The number of piperidine rings is 1. The molecule has 2 aliphatic heterocycles. The van der Waals surface area contributed by atoms with Gasteiger partial charge in [-0.2, -0.15) is 0 Å². The first-order chi connectivity index (χ1) is 14.5. The minimum absolute atomic E-state index is 0.0753. The molecular formula is C22H21Cl2N5O. The van der Waals surface area contributed by atoms with Gasteiger partial charge in [0, 0.05) is 18.8 Å². The third-order valence-corrected chi connectivity index (χ3v) is 6.56. The van der Waals surface area contributed by atoms with Crippen LogP contribution in [0.5, 0.6) is 0 Å². The normalized spacial score (nSPS) is 17.5. The Morgan fingerprint density at radius 2 is 1.87 bits per heavy atom. The van der Waals surface area contributed by atoms with Crippen molar-refractivity contribution in [2.75, 3.05) is 29.4 Å². The molecule has 0 aliphatic carbocycles. The lowest BCUT2D eigenvalue weighted by molar-refractivity contribution is 0.411. The predicted molar refractivity (Wildman–Crippen MR) is 123 cm³/mol. The van der Waals surface area contributed by atoms with Crippen LogP contribution in [0, 0.1) is 5.41 Å². The number of nitrogens with zero attached hydrogens (tertiary/aromatic N) is 3.